The average Bonchev–Trinajstić information content (AvgIpc) is 3.14. The molecule has 6 nitrogen and oxygen atoms in total. The molecule has 34 heavy (non-hydrogen) atoms. The fraction of sp³-hybridized carbons (Fsp3) is 0.250. The molecule has 0 bridgehead atoms. The predicted octanol–water partition coefficient (Wildman–Crippen LogP) is 4.58. The van der Waals surface area contributed by atoms with E-state index in [0.717, 1.165) is 47.3 Å². The fourth-order valence-corrected chi connectivity index (χ4v) is 4.20. The van der Waals surface area contributed by atoms with Gasteiger partial charge in [0.15, 0.2) is 0 Å². The minimum absolute atomic E-state index is 0.0237. The van der Waals surface area contributed by atoms with E-state index in [4.69, 9.17) is 5.11 Å². The van der Waals surface area contributed by atoms with Gasteiger partial charge in [-0.15, -0.1) is 0 Å². The van der Waals surface area contributed by atoms with Crippen LogP contribution < -0.4 is 5.69 Å². The van der Waals surface area contributed by atoms with E-state index in [9.17, 15) is 9.59 Å². The Balaban J connectivity index is 1.39. The molecule has 0 fully saturated rings. The topological polar surface area (TPSA) is 77.1 Å². The molecule has 0 aliphatic rings. The zero-order valence-electron chi connectivity index (χ0n) is 19.4. The SMILES string of the molecule is CCn1c(CCCc2ccc(-c3cccc(CC(=O)O)c3)cc2)nn(Cc2ccccc2)c1=O. The van der Waals surface area contributed by atoms with Gasteiger partial charge in [0.25, 0.3) is 0 Å². The van der Waals surface area contributed by atoms with Crippen molar-refractivity contribution in [2.45, 2.75) is 45.7 Å². The van der Waals surface area contributed by atoms with Crippen molar-refractivity contribution in [3.05, 3.63) is 112 Å². The highest BCUT2D eigenvalue weighted by molar-refractivity contribution is 5.72. The third-order valence-electron chi connectivity index (χ3n) is 5.93. The quantitative estimate of drug-likeness (QED) is 0.380. The first-order valence-electron chi connectivity index (χ1n) is 11.6. The number of carbonyl (C=O) groups is 1. The van der Waals surface area contributed by atoms with E-state index >= 15 is 0 Å². The monoisotopic (exact) mass is 455 g/mol. The Hall–Kier alpha value is -3.93. The normalized spacial score (nSPS) is 11.0. The second kappa shape index (κ2) is 10.8. The van der Waals surface area contributed by atoms with Gasteiger partial charge in [0.2, 0.25) is 0 Å². The number of rotatable bonds is 10. The molecule has 0 saturated heterocycles. The summed E-state index contributed by atoms with van der Waals surface area (Å²) >= 11 is 0. The summed E-state index contributed by atoms with van der Waals surface area (Å²) in [5.41, 5.74) is 5.10. The Labute approximate surface area is 199 Å². The van der Waals surface area contributed by atoms with Crippen molar-refractivity contribution in [2.75, 3.05) is 0 Å². The van der Waals surface area contributed by atoms with Crippen molar-refractivity contribution in [2.24, 2.45) is 0 Å². The zero-order valence-corrected chi connectivity index (χ0v) is 19.4. The molecule has 4 aromatic rings. The molecule has 6 heteroatoms. The van der Waals surface area contributed by atoms with Gasteiger partial charge in [-0.2, -0.15) is 5.10 Å². The molecule has 0 aliphatic carbocycles. The maximum absolute atomic E-state index is 12.7. The molecule has 0 unspecified atom stereocenters. The van der Waals surface area contributed by atoms with Gasteiger partial charge in [-0.3, -0.25) is 9.36 Å². The van der Waals surface area contributed by atoms with Gasteiger partial charge in [0.1, 0.15) is 5.82 Å². The molecule has 4 rings (SSSR count). The van der Waals surface area contributed by atoms with Crippen LogP contribution in [0.25, 0.3) is 11.1 Å². The maximum Gasteiger partial charge on any atom is 0.346 e. The Bertz CT molecular complexity index is 1300. The van der Waals surface area contributed by atoms with Crippen LogP contribution in [0.3, 0.4) is 0 Å². The molecule has 0 spiro atoms. The van der Waals surface area contributed by atoms with E-state index in [1.165, 1.54) is 5.56 Å². The van der Waals surface area contributed by atoms with Gasteiger partial charge in [0, 0.05) is 13.0 Å². The zero-order chi connectivity index (χ0) is 23.9. The Morgan fingerprint density at radius 2 is 1.59 bits per heavy atom. The van der Waals surface area contributed by atoms with E-state index in [2.05, 4.69) is 29.4 Å². The molecule has 1 aromatic heterocycles. The van der Waals surface area contributed by atoms with Crippen LogP contribution in [-0.2, 0) is 37.1 Å². The van der Waals surface area contributed by atoms with Gasteiger partial charge >= 0.3 is 11.7 Å². The predicted molar refractivity (Wildman–Crippen MR) is 133 cm³/mol. The molecule has 0 aliphatic heterocycles. The van der Waals surface area contributed by atoms with Crippen molar-refractivity contribution in [3.63, 3.8) is 0 Å². The van der Waals surface area contributed by atoms with Crippen molar-refractivity contribution in [1.82, 2.24) is 14.3 Å². The van der Waals surface area contributed by atoms with Crippen LogP contribution in [-0.4, -0.2) is 25.4 Å². The standard InChI is InChI=1S/C28H29N3O3/c1-2-30-26(29-31(28(30)34)20-22-8-4-3-5-9-22)13-7-10-21-14-16-24(17-15-21)25-12-6-11-23(18-25)19-27(32)33/h3-6,8-9,11-12,14-18H,2,7,10,13,19-20H2,1H3,(H,32,33). The smallest absolute Gasteiger partial charge is 0.346 e. The minimum Gasteiger partial charge on any atom is -0.481 e. The average molecular weight is 456 g/mol. The third-order valence-corrected chi connectivity index (χ3v) is 5.93. The Morgan fingerprint density at radius 1 is 0.853 bits per heavy atom. The lowest BCUT2D eigenvalue weighted by atomic mass is 9.99. The van der Waals surface area contributed by atoms with E-state index in [1.807, 2.05) is 61.5 Å². The van der Waals surface area contributed by atoms with E-state index in [-0.39, 0.29) is 12.1 Å². The number of aliphatic carboxylic acids is 1. The summed E-state index contributed by atoms with van der Waals surface area (Å²) in [6.07, 6.45) is 2.55. The summed E-state index contributed by atoms with van der Waals surface area (Å²) in [5.74, 6) is 0.00110. The number of hydrogen-bond donors (Lipinski definition) is 1. The number of hydrogen-bond acceptors (Lipinski definition) is 3. The molecule has 1 heterocycles. The summed E-state index contributed by atoms with van der Waals surface area (Å²) in [7, 11) is 0. The highest BCUT2D eigenvalue weighted by atomic mass is 16.4. The van der Waals surface area contributed by atoms with Gasteiger partial charge in [0.05, 0.1) is 13.0 Å². The first kappa shape index (κ1) is 23.2. The molecule has 174 valence electrons. The molecule has 0 radical (unpaired) electrons. The second-order valence-corrected chi connectivity index (χ2v) is 8.41. The largest absolute Gasteiger partial charge is 0.481 e. The maximum atomic E-state index is 12.7. The first-order valence-corrected chi connectivity index (χ1v) is 11.6. The van der Waals surface area contributed by atoms with Crippen LogP contribution in [0.4, 0.5) is 0 Å². The molecule has 1 N–H and O–H groups in total. The Morgan fingerprint density at radius 3 is 2.29 bits per heavy atom. The number of nitrogens with zero attached hydrogens (tertiary/aromatic N) is 3. The van der Waals surface area contributed by atoms with E-state index in [0.29, 0.717) is 13.1 Å². The van der Waals surface area contributed by atoms with Crippen LogP contribution in [0.1, 0.15) is 35.9 Å². The fourth-order valence-electron chi connectivity index (χ4n) is 4.20. The number of carboxylic acid groups (broad SMARTS) is 1. The lowest BCUT2D eigenvalue weighted by molar-refractivity contribution is -0.136. The lowest BCUT2D eigenvalue weighted by Gasteiger charge is -2.07. The number of aromatic nitrogens is 3. The lowest BCUT2D eigenvalue weighted by Crippen LogP contribution is -2.25. The molecule has 0 saturated carbocycles. The number of aryl methyl sites for hydroxylation is 2. The summed E-state index contributed by atoms with van der Waals surface area (Å²) in [4.78, 5) is 23.7. The van der Waals surface area contributed by atoms with Gasteiger partial charge in [-0.25, -0.2) is 9.48 Å². The third kappa shape index (κ3) is 5.70. The molecule has 0 atom stereocenters. The van der Waals surface area contributed by atoms with Crippen LogP contribution in [0.2, 0.25) is 0 Å². The number of benzene rings is 3. The van der Waals surface area contributed by atoms with Crippen LogP contribution in [0.15, 0.2) is 83.7 Å². The molecular formula is C28H29N3O3. The van der Waals surface area contributed by atoms with Gasteiger partial charge in [-0.05, 0) is 47.6 Å². The highest BCUT2D eigenvalue weighted by Gasteiger charge is 2.12. The van der Waals surface area contributed by atoms with Crippen molar-refractivity contribution in [1.29, 1.82) is 0 Å². The summed E-state index contributed by atoms with van der Waals surface area (Å²) in [6, 6.07) is 25.9. The summed E-state index contributed by atoms with van der Waals surface area (Å²) < 4.78 is 3.32. The molecular weight excluding hydrogens is 426 g/mol. The highest BCUT2D eigenvalue weighted by Crippen LogP contribution is 2.22. The van der Waals surface area contributed by atoms with Crippen molar-refractivity contribution >= 4 is 5.97 Å². The van der Waals surface area contributed by atoms with Crippen molar-refractivity contribution in [3.8, 4) is 11.1 Å². The second-order valence-electron chi connectivity index (χ2n) is 8.41. The minimum atomic E-state index is -0.828. The Kier molecular flexibility index (Phi) is 7.38. The molecule has 3 aromatic carbocycles. The van der Waals surface area contributed by atoms with E-state index in [1.54, 1.807) is 9.25 Å². The van der Waals surface area contributed by atoms with Crippen LogP contribution in [0.5, 0.6) is 0 Å². The van der Waals surface area contributed by atoms with E-state index < -0.39 is 5.97 Å². The molecule has 0 amide bonds. The van der Waals surface area contributed by atoms with Gasteiger partial charge in [-0.1, -0.05) is 78.9 Å². The van der Waals surface area contributed by atoms with Crippen molar-refractivity contribution < 1.29 is 9.90 Å². The summed E-state index contributed by atoms with van der Waals surface area (Å²) in [5, 5.41) is 13.6. The number of carboxylic acids is 1. The first-order chi connectivity index (χ1) is 16.5. The van der Waals surface area contributed by atoms with Crippen LogP contribution in [0, 0.1) is 0 Å². The van der Waals surface area contributed by atoms with Gasteiger partial charge < -0.3 is 5.11 Å². The summed E-state index contributed by atoms with van der Waals surface area (Å²) in [6.45, 7) is 3.07. The van der Waals surface area contributed by atoms with Crippen LogP contribution >= 0.6 is 0 Å².